The Morgan fingerprint density at radius 3 is 2.09 bits per heavy atom. The molecule has 0 heterocycles. The summed E-state index contributed by atoms with van der Waals surface area (Å²) in [6, 6.07) is 23.0. The summed E-state index contributed by atoms with van der Waals surface area (Å²) in [5, 5.41) is 4.21. The first-order valence-electron chi connectivity index (χ1n) is 11.7. The first kappa shape index (κ1) is 26.7. The van der Waals surface area contributed by atoms with Crippen LogP contribution in [0.3, 0.4) is 0 Å². The van der Waals surface area contributed by atoms with E-state index < -0.39 is 6.04 Å². The van der Waals surface area contributed by atoms with Crippen molar-refractivity contribution in [2.45, 2.75) is 32.4 Å². The molecule has 35 heavy (non-hydrogen) atoms. The van der Waals surface area contributed by atoms with Gasteiger partial charge in [0.2, 0.25) is 11.8 Å². The zero-order chi connectivity index (χ0) is 25.0. The van der Waals surface area contributed by atoms with Crippen LogP contribution >= 0.6 is 23.2 Å². The van der Waals surface area contributed by atoms with Gasteiger partial charge in [0.1, 0.15) is 6.04 Å². The summed E-state index contributed by atoms with van der Waals surface area (Å²) in [5.41, 5.74) is 2.45. The average molecular weight is 513 g/mol. The van der Waals surface area contributed by atoms with Crippen molar-refractivity contribution in [3.63, 3.8) is 0 Å². The predicted molar refractivity (Wildman–Crippen MR) is 140 cm³/mol. The summed E-state index contributed by atoms with van der Waals surface area (Å²) in [6.45, 7) is 3.86. The number of rotatable bonds is 12. The number of nitrogens with one attached hydrogen (secondary N) is 1. The van der Waals surface area contributed by atoms with Crippen LogP contribution in [0.1, 0.15) is 36.1 Å². The monoisotopic (exact) mass is 512 g/mol. The molecule has 1 atom stereocenters. The normalized spacial score (nSPS) is 11.6. The van der Waals surface area contributed by atoms with Crippen molar-refractivity contribution < 1.29 is 14.3 Å². The number of benzene rings is 3. The molecule has 0 spiro atoms. The minimum Gasteiger partial charge on any atom is -0.382 e. The van der Waals surface area contributed by atoms with Gasteiger partial charge in [-0.2, -0.15) is 0 Å². The molecule has 7 heteroatoms. The minimum absolute atomic E-state index is 0.145. The molecule has 1 unspecified atom stereocenters. The third-order valence-corrected chi connectivity index (χ3v) is 6.00. The fourth-order valence-corrected chi connectivity index (χ4v) is 3.98. The summed E-state index contributed by atoms with van der Waals surface area (Å²) in [5.74, 6) is -0.397. The Kier molecular flexibility index (Phi) is 10.6. The number of carbonyl (C=O) groups is 2. The lowest BCUT2D eigenvalue weighted by Gasteiger charge is -2.32. The van der Waals surface area contributed by atoms with Crippen LogP contribution in [-0.4, -0.2) is 36.5 Å². The minimum atomic E-state index is -0.793. The van der Waals surface area contributed by atoms with Crippen molar-refractivity contribution in [3.05, 3.63) is 106 Å². The highest BCUT2D eigenvalue weighted by atomic mass is 35.5. The van der Waals surface area contributed by atoms with Crippen LogP contribution in [0.25, 0.3) is 0 Å². The fourth-order valence-electron chi connectivity index (χ4n) is 3.72. The smallest absolute Gasteiger partial charge is 0.247 e. The van der Waals surface area contributed by atoms with Gasteiger partial charge in [-0.05, 0) is 54.3 Å². The fraction of sp³-hybridized carbons (Fsp3) is 0.286. The molecule has 2 amide bonds. The number of ether oxygens (including phenoxy) is 1. The van der Waals surface area contributed by atoms with Gasteiger partial charge < -0.3 is 15.0 Å². The third kappa shape index (κ3) is 8.39. The molecule has 3 aromatic rings. The lowest BCUT2D eigenvalue weighted by Crippen LogP contribution is -2.44. The van der Waals surface area contributed by atoms with Gasteiger partial charge in [-0.15, -0.1) is 0 Å². The van der Waals surface area contributed by atoms with Crippen molar-refractivity contribution in [1.82, 2.24) is 10.2 Å². The lowest BCUT2D eigenvalue weighted by molar-refractivity contribution is -0.141. The highest BCUT2D eigenvalue weighted by molar-refractivity contribution is 6.30. The maximum Gasteiger partial charge on any atom is 0.247 e. The Bertz CT molecular complexity index is 1070. The van der Waals surface area contributed by atoms with Crippen molar-refractivity contribution in [3.8, 4) is 0 Å². The summed E-state index contributed by atoms with van der Waals surface area (Å²) in [4.78, 5) is 28.8. The third-order valence-electron chi connectivity index (χ3n) is 5.50. The molecule has 1 N–H and O–H groups in total. The van der Waals surface area contributed by atoms with E-state index in [4.69, 9.17) is 27.9 Å². The molecule has 0 saturated carbocycles. The van der Waals surface area contributed by atoms with Gasteiger partial charge in [-0.1, -0.05) is 77.8 Å². The molecule has 0 aliphatic carbocycles. The Balaban J connectivity index is 1.90. The summed E-state index contributed by atoms with van der Waals surface area (Å²) < 4.78 is 5.37. The van der Waals surface area contributed by atoms with Gasteiger partial charge in [-0.25, -0.2) is 0 Å². The van der Waals surface area contributed by atoms with Gasteiger partial charge in [-0.3, -0.25) is 9.59 Å². The van der Waals surface area contributed by atoms with E-state index in [1.807, 2.05) is 61.5 Å². The number of hydrogen-bond donors (Lipinski definition) is 1. The maximum absolute atomic E-state index is 13.7. The van der Waals surface area contributed by atoms with E-state index in [1.54, 1.807) is 29.2 Å². The van der Waals surface area contributed by atoms with Crippen LogP contribution in [0.15, 0.2) is 78.9 Å². The molecule has 0 aliphatic rings. The van der Waals surface area contributed by atoms with Gasteiger partial charge in [0.25, 0.3) is 0 Å². The summed E-state index contributed by atoms with van der Waals surface area (Å²) in [7, 11) is 0. The maximum atomic E-state index is 13.7. The number of carbonyl (C=O) groups excluding carboxylic acids is 2. The van der Waals surface area contributed by atoms with E-state index >= 15 is 0 Å². The van der Waals surface area contributed by atoms with Crippen molar-refractivity contribution in [2.24, 2.45) is 0 Å². The lowest BCUT2D eigenvalue weighted by atomic mass is 10.0. The van der Waals surface area contributed by atoms with Crippen LogP contribution in [-0.2, 0) is 27.3 Å². The number of nitrogens with zero attached hydrogens (tertiary/aromatic N) is 1. The molecule has 0 fully saturated rings. The standard InChI is InChI=1S/C28H30Cl2N2O3/c1-2-35-18-6-17-31-28(34)27(23-7-4-3-5-8-23)32(20-22-11-15-25(30)16-12-22)26(33)19-21-9-13-24(29)14-10-21/h3-5,7-16,27H,2,6,17-20H2,1H3,(H,31,34). The second-order valence-electron chi connectivity index (χ2n) is 8.11. The molecule has 0 aliphatic heterocycles. The highest BCUT2D eigenvalue weighted by Crippen LogP contribution is 2.25. The second-order valence-corrected chi connectivity index (χ2v) is 8.98. The van der Waals surface area contributed by atoms with Crippen molar-refractivity contribution in [1.29, 1.82) is 0 Å². The number of hydrogen-bond acceptors (Lipinski definition) is 3. The molecular weight excluding hydrogens is 483 g/mol. The quantitative estimate of drug-likeness (QED) is 0.309. The molecule has 3 aromatic carbocycles. The van der Waals surface area contributed by atoms with Crippen LogP contribution in [0, 0.1) is 0 Å². The van der Waals surface area contributed by atoms with Crippen LogP contribution in [0.2, 0.25) is 10.0 Å². The Hall–Kier alpha value is -2.86. The SMILES string of the molecule is CCOCCCNC(=O)C(c1ccccc1)N(Cc1ccc(Cl)cc1)C(=O)Cc1ccc(Cl)cc1. The van der Waals surface area contributed by atoms with E-state index in [0.717, 1.165) is 16.7 Å². The molecule has 0 radical (unpaired) electrons. The van der Waals surface area contributed by atoms with Crippen LogP contribution in [0.5, 0.6) is 0 Å². The summed E-state index contributed by atoms with van der Waals surface area (Å²) >= 11 is 12.1. The molecular formula is C28H30Cl2N2O3. The van der Waals surface area contributed by atoms with Crippen molar-refractivity contribution in [2.75, 3.05) is 19.8 Å². The molecule has 3 rings (SSSR count). The molecule has 5 nitrogen and oxygen atoms in total. The predicted octanol–water partition coefficient (Wildman–Crippen LogP) is 5.85. The second kappa shape index (κ2) is 13.9. The van der Waals surface area contributed by atoms with E-state index in [1.165, 1.54) is 0 Å². The zero-order valence-electron chi connectivity index (χ0n) is 19.8. The van der Waals surface area contributed by atoms with Gasteiger partial charge in [0.05, 0.1) is 6.42 Å². The first-order chi connectivity index (χ1) is 17.0. The number of halogens is 2. The largest absolute Gasteiger partial charge is 0.382 e. The van der Waals surface area contributed by atoms with E-state index in [0.29, 0.717) is 36.2 Å². The molecule has 184 valence electrons. The molecule has 0 aromatic heterocycles. The van der Waals surface area contributed by atoms with Gasteiger partial charge in [0.15, 0.2) is 0 Å². The topological polar surface area (TPSA) is 58.6 Å². The first-order valence-corrected chi connectivity index (χ1v) is 12.4. The number of amides is 2. The average Bonchev–Trinajstić information content (AvgIpc) is 2.87. The Labute approximate surface area is 217 Å². The van der Waals surface area contributed by atoms with Crippen LogP contribution in [0.4, 0.5) is 0 Å². The van der Waals surface area contributed by atoms with E-state index in [-0.39, 0.29) is 24.8 Å². The highest BCUT2D eigenvalue weighted by Gasteiger charge is 2.31. The Morgan fingerprint density at radius 1 is 0.886 bits per heavy atom. The van der Waals surface area contributed by atoms with Crippen molar-refractivity contribution >= 4 is 35.0 Å². The molecule has 0 bridgehead atoms. The van der Waals surface area contributed by atoms with Gasteiger partial charge >= 0.3 is 0 Å². The van der Waals surface area contributed by atoms with Gasteiger partial charge in [0, 0.05) is 36.3 Å². The van der Waals surface area contributed by atoms with E-state index in [2.05, 4.69) is 5.32 Å². The van der Waals surface area contributed by atoms with Crippen LogP contribution < -0.4 is 5.32 Å². The van der Waals surface area contributed by atoms with E-state index in [9.17, 15) is 9.59 Å². The molecule has 0 saturated heterocycles. The Morgan fingerprint density at radius 2 is 1.49 bits per heavy atom. The summed E-state index contributed by atoms with van der Waals surface area (Å²) in [6.07, 6.45) is 0.836. The zero-order valence-corrected chi connectivity index (χ0v) is 21.3.